The van der Waals surface area contributed by atoms with Crippen molar-refractivity contribution < 1.29 is 89.2 Å². The first-order valence-corrected chi connectivity index (χ1v) is 17.1. The molecule has 308 valence electrons. The van der Waals surface area contributed by atoms with Crippen molar-refractivity contribution in [2.24, 2.45) is 0 Å². The number of aromatic hydroxyl groups is 9. The van der Waals surface area contributed by atoms with Gasteiger partial charge >= 0.3 is 17.9 Å². The van der Waals surface area contributed by atoms with Gasteiger partial charge in [-0.3, -0.25) is 4.79 Å². The number of aldehydes is 1. The summed E-state index contributed by atoms with van der Waals surface area (Å²) in [5, 5.41) is 97.7. The van der Waals surface area contributed by atoms with Crippen LogP contribution in [0, 0.1) is 20.8 Å². The van der Waals surface area contributed by atoms with E-state index >= 15 is 0 Å². The maximum Gasteiger partial charge on any atom is 0.347 e. The number of phenolic OH excluding ortho intramolecular Hbond substituents is 8. The van der Waals surface area contributed by atoms with Gasteiger partial charge in [0.25, 0.3) is 0 Å². The summed E-state index contributed by atoms with van der Waals surface area (Å²) in [6.45, 7) is 4.35. The van der Waals surface area contributed by atoms with Crippen molar-refractivity contribution in [2.75, 3.05) is 7.11 Å². The molecule has 2 unspecified atom stereocenters. The molecule has 5 aromatic rings. The Hall–Kier alpha value is -8.02. The average Bonchev–Trinajstić information content (AvgIpc) is 3.16. The minimum atomic E-state index is -1.38. The molecule has 0 spiro atoms. The third-order valence-corrected chi connectivity index (χ3v) is 9.22. The van der Waals surface area contributed by atoms with E-state index in [9.17, 15) is 70.2 Å². The first-order chi connectivity index (χ1) is 27.8. The number of aromatic carboxylic acids is 1. The van der Waals surface area contributed by atoms with Crippen LogP contribution < -0.4 is 14.2 Å². The highest BCUT2D eigenvalue weighted by atomic mass is 16.6. The molecule has 0 saturated carbocycles. The molecule has 2 atom stereocenters. The number of esters is 2. The van der Waals surface area contributed by atoms with Gasteiger partial charge in [-0.05, 0) is 68.3 Å². The van der Waals surface area contributed by atoms with Crippen molar-refractivity contribution in [3.05, 3.63) is 105 Å². The van der Waals surface area contributed by atoms with Crippen molar-refractivity contribution in [3.63, 3.8) is 0 Å². The number of hydrogen-bond donors (Lipinski definition) is 10. The summed E-state index contributed by atoms with van der Waals surface area (Å²) in [5.74, 6) is -7.81. The van der Waals surface area contributed by atoms with Gasteiger partial charge in [0.2, 0.25) is 0 Å². The molecule has 18 heteroatoms. The molecule has 0 aliphatic carbocycles. The van der Waals surface area contributed by atoms with Crippen LogP contribution in [0.15, 0.2) is 54.6 Å². The van der Waals surface area contributed by atoms with Crippen LogP contribution in [0.25, 0.3) is 0 Å². The van der Waals surface area contributed by atoms with E-state index in [1.807, 2.05) is 0 Å². The van der Waals surface area contributed by atoms with Crippen LogP contribution in [0.2, 0.25) is 0 Å². The van der Waals surface area contributed by atoms with Crippen molar-refractivity contribution in [1.82, 2.24) is 0 Å². The molecule has 0 saturated heterocycles. The lowest BCUT2D eigenvalue weighted by Crippen LogP contribution is -2.34. The number of fused-ring (bicyclic) bond motifs is 1. The number of carboxylic acids is 1. The molecule has 0 fully saturated rings. The number of methoxy groups -OCH3 is 1. The summed E-state index contributed by atoms with van der Waals surface area (Å²) >= 11 is 0. The lowest BCUT2D eigenvalue weighted by atomic mass is 9.93. The highest BCUT2D eigenvalue weighted by molar-refractivity contribution is 6.01. The Kier molecular flexibility index (Phi) is 11.9. The molecular weight excluding hydrogens is 780 g/mol. The summed E-state index contributed by atoms with van der Waals surface area (Å²) in [4.78, 5) is 47.9. The topological polar surface area (TPSA) is 308 Å². The number of rotatable bonds is 8. The maximum atomic E-state index is 12.7. The first-order valence-electron chi connectivity index (χ1n) is 17.1. The minimum Gasteiger partial charge on any atom is -0.508 e. The van der Waals surface area contributed by atoms with E-state index in [1.165, 1.54) is 64.3 Å². The summed E-state index contributed by atoms with van der Waals surface area (Å²) in [6.07, 6.45) is -1.77. The van der Waals surface area contributed by atoms with Gasteiger partial charge in [-0.2, -0.15) is 0 Å². The second-order valence-electron chi connectivity index (χ2n) is 13.1. The number of phenols is 9. The van der Waals surface area contributed by atoms with Crippen LogP contribution in [-0.2, 0) is 11.2 Å². The molecule has 1 heterocycles. The molecule has 6 rings (SSSR count). The number of aryl methyl sites for hydroxylation is 2. The summed E-state index contributed by atoms with van der Waals surface area (Å²) in [6, 6.07) is 10.8. The predicted octanol–water partition coefficient (Wildman–Crippen LogP) is 5.29. The molecule has 1 aliphatic rings. The normalized spacial score (nSPS) is 14.1. The number of carbonyl (C=O) groups is 4. The van der Waals surface area contributed by atoms with Crippen LogP contribution >= 0.6 is 0 Å². The average molecular weight is 817 g/mol. The van der Waals surface area contributed by atoms with Crippen LogP contribution in [-0.4, -0.2) is 88.5 Å². The van der Waals surface area contributed by atoms with Gasteiger partial charge in [0.05, 0.1) is 18.2 Å². The van der Waals surface area contributed by atoms with E-state index in [2.05, 4.69) is 0 Å². The molecule has 0 radical (unpaired) electrons. The smallest absolute Gasteiger partial charge is 0.347 e. The molecule has 0 aromatic heterocycles. The zero-order valence-electron chi connectivity index (χ0n) is 31.4. The number of ether oxygens (including phenoxy) is 4. The fourth-order valence-electron chi connectivity index (χ4n) is 6.19. The van der Waals surface area contributed by atoms with Crippen molar-refractivity contribution in [3.8, 4) is 69.0 Å². The van der Waals surface area contributed by atoms with E-state index in [0.717, 1.165) is 18.2 Å². The molecule has 59 heavy (non-hydrogen) atoms. The number of hydrogen-bond acceptors (Lipinski definition) is 17. The Morgan fingerprint density at radius 3 is 1.93 bits per heavy atom. The summed E-state index contributed by atoms with van der Waals surface area (Å²) < 4.78 is 21.6. The summed E-state index contributed by atoms with van der Waals surface area (Å²) in [5.41, 5.74) is 0.0173. The van der Waals surface area contributed by atoms with Crippen molar-refractivity contribution in [2.45, 2.75) is 39.4 Å². The van der Waals surface area contributed by atoms with Crippen LogP contribution in [0.5, 0.6) is 69.0 Å². The zero-order valence-corrected chi connectivity index (χ0v) is 31.4. The van der Waals surface area contributed by atoms with Gasteiger partial charge in [-0.15, -0.1) is 0 Å². The third kappa shape index (κ3) is 8.41. The van der Waals surface area contributed by atoms with E-state index in [1.54, 1.807) is 0 Å². The standard InChI is InChI=1S/C22H18O10.C19H18O8/c23-11-6-14(25)12-8-19(32-22(30)10-4-16(27)20(29)17(28)5-10)21(31-18(12)7-11)9-1-2-13(24)15(26)3-9;1-8-5-13(26-4)11(7-20)17(22)14(8)19(25)27-12-6-9(2)16(21)15(10(12)3)18(23)24/h1-7,19,21,23-29H,8H2;5-7,21-22H,1-4H3,(H,23,24). The highest BCUT2D eigenvalue weighted by Gasteiger charge is 2.37. The Labute approximate surface area is 333 Å². The van der Waals surface area contributed by atoms with Crippen LogP contribution in [0.4, 0.5) is 0 Å². The quantitative estimate of drug-likeness (QED) is 0.0412. The minimum absolute atomic E-state index is 0.0419. The van der Waals surface area contributed by atoms with Gasteiger partial charge < -0.3 is 70.0 Å². The Balaban J connectivity index is 0.000000228. The Morgan fingerprint density at radius 1 is 0.695 bits per heavy atom. The molecule has 10 N–H and O–H groups in total. The number of carbonyl (C=O) groups excluding carboxylic acids is 3. The molecule has 18 nitrogen and oxygen atoms in total. The number of benzene rings is 5. The zero-order chi connectivity index (χ0) is 43.6. The molecular formula is C41H36O18. The van der Waals surface area contributed by atoms with Gasteiger partial charge in [-0.25, -0.2) is 14.4 Å². The second-order valence-corrected chi connectivity index (χ2v) is 13.1. The summed E-state index contributed by atoms with van der Waals surface area (Å²) in [7, 11) is 1.31. The maximum absolute atomic E-state index is 12.7. The molecule has 0 amide bonds. The molecule has 0 bridgehead atoms. The lowest BCUT2D eigenvalue weighted by molar-refractivity contribution is -0.0189. The van der Waals surface area contributed by atoms with Crippen molar-refractivity contribution >= 4 is 24.2 Å². The number of carboxylic acid groups (broad SMARTS) is 1. The SMILES string of the molecule is COc1cc(C)c(C(=O)Oc2cc(C)c(O)c(C(=O)O)c2C)c(O)c1C=O.O=C(OC1Cc2c(O)cc(O)cc2OC1c1ccc(O)c(O)c1)c1cc(O)c(O)c(O)c1. The second kappa shape index (κ2) is 16.6. The van der Waals surface area contributed by atoms with Gasteiger partial charge in [0, 0.05) is 35.2 Å². The first kappa shape index (κ1) is 42.1. The van der Waals surface area contributed by atoms with Crippen LogP contribution in [0.1, 0.15) is 75.4 Å². The van der Waals surface area contributed by atoms with E-state index in [-0.39, 0.29) is 79.9 Å². The van der Waals surface area contributed by atoms with Gasteiger partial charge in [0.15, 0.2) is 41.1 Å². The highest BCUT2D eigenvalue weighted by Crippen LogP contribution is 2.45. The fraction of sp³-hybridized carbons (Fsp3) is 0.171. The van der Waals surface area contributed by atoms with E-state index in [0.29, 0.717) is 17.4 Å². The molecule has 1 aliphatic heterocycles. The van der Waals surface area contributed by atoms with E-state index in [4.69, 9.17) is 18.9 Å². The van der Waals surface area contributed by atoms with Gasteiger partial charge in [0.1, 0.15) is 57.5 Å². The van der Waals surface area contributed by atoms with E-state index < -0.39 is 64.6 Å². The van der Waals surface area contributed by atoms with Crippen LogP contribution in [0.3, 0.4) is 0 Å². The Morgan fingerprint density at radius 2 is 1.34 bits per heavy atom. The lowest BCUT2D eigenvalue weighted by Gasteiger charge is -2.34. The largest absolute Gasteiger partial charge is 0.508 e. The predicted molar refractivity (Wildman–Crippen MR) is 202 cm³/mol. The molecule has 5 aromatic carbocycles. The Bertz CT molecular complexity index is 2500. The third-order valence-electron chi connectivity index (χ3n) is 9.22. The fourth-order valence-corrected chi connectivity index (χ4v) is 6.19. The van der Waals surface area contributed by atoms with Gasteiger partial charge in [-0.1, -0.05) is 6.07 Å². The monoisotopic (exact) mass is 816 g/mol. The van der Waals surface area contributed by atoms with Crippen molar-refractivity contribution in [1.29, 1.82) is 0 Å².